The first-order valence-electron chi connectivity index (χ1n) is 7.88. The molecule has 1 saturated heterocycles. The van der Waals surface area contributed by atoms with Crippen molar-refractivity contribution >= 4 is 11.7 Å². The molecular weight excluding hydrogens is 302 g/mol. The summed E-state index contributed by atoms with van der Waals surface area (Å²) in [5, 5.41) is 9.01. The number of benzene rings is 1. The van der Waals surface area contributed by atoms with Gasteiger partial charge in [0.25, 0.3) is 0 Å². The van der Waals surface area contributed by atoms with E-state index in [-0.39, 0.29) is 5.91 Å². The topological polar surface area (TPSA) is 86.2 Å². The van der Waals surface area contributed by atoms with Crippen molar-refractivity contribution in [2.75, 3.05) is 31.1 Å². The summed E-state index contributed by atoms with van der Waals surface area (Å²) in [5.41, 5.74) is 7.16. The molecule has 24 heavy (non-hydrogen) atoms. The van der Waals surface area contributed by atoms with Crippen molar-refractivity contribution in [2.45, 2.75) is 6.04 Å². The molecule has 0 unspecified atom stereocenters. The van der Waals surface area contributed by atoms with E-state index < -0.39 is 6.04 Å². The van der Waals surface area contributed by atoms with Crippen LogP contribution in [0.1, 0.15) is 17.2 Å². The average molecular weight is 321 g/mol. The first kappa shape index (κ1) is 16.0. The zero-order chi connectivity index (χ0) is 16.9. The van der Waals surface area contributed by atoms with Gasteiger partial charge in [0.2, 0.25) is 5.91 Å². The molecule has 6 nitrogen and oxygen atoms in total. The van der Waals surface area contributed by atoms with Crippen molar-refractivity contribution in [2.24, 2.45) is 5.73 Å². The Hall–Kier alpha value is -2.91. The Labute approximate surface area is 141 Å². The number of nitrogens with zero attached hydrogens (tertiary/aromatic N) is 4. The molecule has 1 aliphatic heterocycles. The minimum absolute atomic E-state index is 0.334. The maximum absolute atomic E-state index is 12.0. The number of aromatic nitrogens is 1. The summed E-state index contributed by atoms with van der Waals surface area (Å²) < 4.78 is 0. The van der Waals surface area contributed by atoms with E-state index in [4.69, 9.17) is 11.0 Å². The number of carbonyl (C=O) groups is 1. The van der Waals surface area contributed by atoms with Gasteiger partial charge in [-0.1, -0.05) is 30.3 Å². The van der Waals surface area contributed by atoms with Gasteiger partial charge in [-0.05, 0) is 17.7 Å². The third-order valence-corrected chi connectivity index (χ3v) is 4.26. The number of hydrogen-bond acceptors (Lipinski definition) is 5. The fourth-order valence-electron chi connectivity index (χ4n) is 3.06. The van der Waals surface area contributed by atoms with Gasteiger partial charge in [0, 0.05) is 32.4 Å². The number of primary amides is 1. The lowest BCUT2D eigenvalue weighted by molar-refractivity contribution is -0.123. The Kier molecular flexibility index (Phi) is 4.73. The first-order chi connectivity index (χ1) is 11.7. The van der Waals surface area contributed by atoms with E-state index in [9.17, 15) is 4.79 Å². The van der Waals surface area contributed by atoms with Crippen LogP contribution in [-0.4, -0.2) is 42.0 Å². The molecular formula is C18H19N5O. The van der Waals surface area contributed by atoms with Crippen LogP contribution in [0, 0.1) is 11.3 Å². The van der Waals surface area contributed by atoms with Gasteiger partial charge in [-0.2, -0.15) is 5.26 Å². The van der Waals surface area contributed by atoms with Crippen molar-refractivity contribution in [3.05, 3.63) is 59.8 Å². The van der Waals surface area contributed by atoms with Crippen LogP contribution in [0.2, 0.25) is 0 Å². The summed E-state index contributed by atoms with van der Waals surface area (Å²) in [4.78, 5) is 20.5. The molecule has 0 aliphatic carbocycles. The van der Waals surface area contributed by atoms with Gasteiger partial charge in [-0.15, -0.1) is 0 Å². The molecule has 2 heterocycles. The van der Waals surface area contributed by atoms with Crippen molar-refractivity contribution in [1.82, 2.24) is 9.88 Å². The number of anilines is 1. The zero-order valence-electron chi connectivity index (χ0n) is 13.3. The normalized spacial score (nSPS) is 16.4. The van der Waals surface area contributed by atoms with Gasteiger partial charge in [-0.25, -0.2) is 4.98 Å². The number of rotatable bonds is 4. The summed E-state index contributed by atoms with van der Waals surface area (Å²) in [6.07, 6.45) is 1.65. The molecule has 1 aliphatic rings. The molecule has 1 fully saturated rings. The SMILES string of the molecule is N#Cc1ccnc(N2CCN([C@H](C(N)=O)c3ccccc3)CC2)c1. The van der Waals surface area contributed by atoms with Crippen LogP contribution in [0.25, 0.3) is 0 Å². The molecule has 0 spiro atoms. The molecule has 1 aromatic heterocycles. The molecule has 2 N–H and O–H groups in total. The van der Waals surface area contributed by atoms with Gasteiger partial charge in [0.1, 0.15) is 11.9 Å². The van der Waals surface area contributed by atoms with E-state index in [1.54, 1.807) is 18.3 Å². The second kappa shape index (κ2) is 7.11. The minimum atomic E-state index is -0.410. The smallest absolute Gasteiger partial charge is 0.239 e. The van der Waals surface area contributed by atoms with Gasteiger partial charge >= 0.3 is 0 Å². The minimum Gasteiger partial charge on any atom is -0.368 e. The third-order valence-electron chi connectivity index (χ3n) is 4.26. The second-order valence-corrected chi connectivity index (χ2v) is 5.75. The summed E-state index contributed by atoms with van der Waals surface area (Å²) in [6, 6.07) is 14.8. The number of amides is 1. The van der Waals surface area contributed by atoms with Gasteiger partial charge in [0.15, 0.2) is 0 Å². The lowest BCUT2D eigenvalue weighted by atomic mass is 10.0. The van der Waals surface area contributed by atoms with E-state index in [0.29, 0.717) is 18.7 Å². The Morgan fingerprint density at radius 3 is 2.50 bits per heavy atom. The van der Waals surface area contributed by atoms with Crippen LogP contribution in [0.5, 0.6) is 0 Å². The molecule has 2 aromatic rings. The van der Waals surface area contributed by atoms with Crippen molar-refractivity contribution in [3.8, 4) is 6.07 Å². The van der Waals surface area contributed by atoms with Crippen LogP contribution >= 0.6 is 0 Å². The quantitative estimate of drug-likeness (QED) is 0.917. The molecule has 122 valence electrons. The lowest BCUT2D eigenvalue weighted by Gasteiger charge is -2.38. The molecule has 3 rings (SSSR count). The van der Waals surface area contributed by atoms with Gasteiger partial charge < -0.3 is 10.6 Å². The Balaban J connectivity index is 1.71. The monoisotopic (exact) mass is 321 g/mol. The van der Waals surface area contributed by atoms with Crippen molar-refractivity contribution in [1.29, 1.82) is 5.26 Å². The van der Waals surface area contributed by atoms with Crippen LogP contribution in [0.15, 0.2) is 48.7 Å². The van der Waals surface area contributed by atoms with Crippen molar-refractivity contribution in [3.63, 3.8) is 0 Å². The Bertz CT molecular complexity index is 748. The Morgan fingerprint density at radius 2 is 1.88 bits per heavy atom. The molecule has 6 heteroatoms. The summed E-state index contributed by atoms with van der Waals surface area (Å²) in [6.45, 7) is 2.89. The van der Waals surface area contributed by atoms with Crippen molar-refractivity contribution < 1.29 is 4.79 Å². The zero-order valence-corrected chi connectivity index (χ0v) is 13.3. The third kappa shape index (κ3) is 3.36. The standard InChI is InChI=1S/C18H19N5O/c19-13-14-6-7-21-16(12-14)22-8-10-23(11-9-22)17(18(20)24)15-4-2-1-3-5-15/h1-7,12,17H,8-11H2,(H2,20,24)/t17-/m0/s1. The highest BCUT2D eigenvalue weighted by Gasteiger charge is 2.29. The summed E-state index contributed by atoms with van der Waals surface area (Å²) in [7, 11) is 0. The summed E-state index contributed by atoms with van der Waals surface area (Å²) >= 11 is 0. The highest BCUT2D eigenvalue weighted by molar-refractivity contribution is 5.81. The Morgan fingerprint density at radius 1 is 1.17 bits per heavy atom. The van der Waals surface area contributed by atoms with Gasteiger partial charge in [-0.3, -0.25) is 9.69 Å². The number of nitriles is 1. The highest BCUT2D eigenvalue weighted by atomic mass is 16.1. The average Bonchev–Trinajstić information content (AvgIpc) is 2.63. The molecule has 0 saturated carbocycles. The maximum Gasteiger partial charge on any atom is 0.239 e. The molecule has 1 aromatic carbocycles. The maximum atomic E-state index is 12.0. The predicted octanol–water partition coefficient (Wildman–Crippen LogP) is 1.30. The largest absolute Gasteiger partial charge is 0.368 e. The molecule has 1 amide bonds. The number of pyridine rings is 1. The fourth-order valence-corrected chi connectivity index (χ4v) is 3.06. The van der Waals surface area contributed by atoms with E-state index in [1.165, 1.54) is 0 Å². The first-order valence-corrected chi connectivity index (χ1v) is 7.88. The number of nitrogens with two attached hydrogens (primary N) is 1. The van der Waals surface area contributed by atoms with E-state index in [1.807, 2.05) is 30.3 Å². The highest BCUT2D eigenvalue weighted by Crippen LogP contribution is 2.23. The van der Waals surface area contributed by atoms with Crippen LogP contribution < -0.4 is 10.6 Å². The number of piperazine rings is 1. The van der Waals surface area contributed by atoms with E-state index in [0.717, 1.165) is 24.5 Å². The van der Waals surface area contributed by atoms with Crippen LogP contribution in [-0.2, 0) is 4.79 Å². The predicted molar refractivity (Wildman–Crippen MR) is 91.1 cm³/mol. The second-order valence-electron chi connectivity index (χ2n) is 5.75. The molecule has 0 radical (unpaired) electrons. The number of carbonyl (C=O) groups excluding carboxylic acids is 1. The number of hydrogen-bond donors (Lipinski definition) is 1. The fraction of sp³-hybridized carbons (Fsp3) is 0.278. The van der Waals surface area contributed by atoms with Gasteiger partial charge in [0.05, 0.1) is 11.6 Å². The lowest BCUT2D eigenvalue weighted by Crippen LogP contribution is -2.50. The van der Waals surface area contributed by atoms with Crippen LogP contribution in [0.3, 0.4) is 0 Å². The van der Waals surface area contributed by atoms with E-state index in [2.05, 4.69) is 20.9 Å². The summed E-state index contributed by atoms with van der Waals surface area (Å²) in [5.74, 6) is 0.461. The molecule has 0 bridgehead atoms. The molecule has 1 atom stereocenters. The van der Waals surface area contributed by atoms with Crippen LogP contribution in [0.4, 0.5) is 5.82 Å². The van der Waals surface area contributed by atoms with E-state index >= 15 is 0 Å².